The molecule has 2 rings (SSSR count). The number of hydrogen-bond acceptors (Lipinski definition) is 4. The molecule has 0 amide bonds. The minimum absolute atomic E-state index is 0.149. The van der Waals surface area contributed by atoms with Gasteiger partial charge >= 0.3 is 0 Å². The van der Waals surface area contributed by atoms with Crippen LogP contribution in [0.2, 0.25) is 0 Å². The second kappa shape index (κ2) is 4.47. The van der Waals surface area contributed by atoms with Crippen molar-refractivity contribution in [2.45, 2.75) is 31.5 Å². The van der Waals surface area contributed by atoms with E-state index < -0.39 is 0 Å². The highest BCUT2D eigenvalue weighted by Gasteiger charge is 2.26. The molecule has 0 radical (unpaired) electrons. The predicted octanol–water partition coefficient (Wildman–Crippen LogP) is 0.346. The van der Waals surface area contributed by atoms with Crippen LogP contribution in [0.15, 0.2) is 24.0 Å². The lowest BCUT2D eigenvalue weighted by molar-refractivity contribution is 0.206. The molecule has 1 unspecified atom stereocenters. The number of nitrogens with one attached hydrogen (secondary N) is 2. The maximum absolute atomic E-state index is 5.68. The maximum Gasteiger partial charge on any atom is 0.105 e. The summed E-state index contributed by atoms with van der Waals surface area (Å²) in [5.41, 5.74) is 6.32. The SMILES string of the molecule is CN1CCC(NC2(C)C=CC(N)=CN2)CC1. The summed E-state index contributed by atoms with van der Waals surface area (Å²) in [7, 11) is 2.18. The molecule has 1 atom stereocenters. The van der Waals surface area contributed by atoms with Crippen molar-refractivity contribution < 1.29 is 0 Å². The van der Waals surface area contributed by atoms with E-state index in [0.29, 0.717) is 6.04 Å². The molecule has 0 aromatic heterocycles. The van der Waals surface area contributed by atoms with E-state index in [1.807, 2.05) is 12.3 Å². The average Bonchev–Trinajstić information content (AvgIpc) is 2.27. The highest BCUT2D eigenvalue weighted by Crippen LogP contribution is 2.15. The van der Waals surface area contributed by atoms with Crippen molar-refractivity contribution in [1.29, 1.82) is 0 Å². The van der Waals surface area contributed by atoms with Gasteiger partial charge in [-0.2, -0.15) is 0 Å². The zero-order chi connectivity index (χ0) is 11.6. The van der Waals surface area contributed by atoms with Crippen molar-refractivity contribution in [1.82, 2.24) is 15.5 Å². The zero-order valence-electron chi connectivity index (χ0n) is 10.2. The lowest BCUT2D eigenvalue weighted by Crippen LogP contribution is -2.57. The lowest BCUT2D eigenvalue weighted by atomic mass is 10.0. The summed E-state index contributed by atoms with van der Waals surface area (Å²) in [4.78, 5) is 2.38. The summed E-state index contributed by atoms with van der Waals surface area (Å²) in [5, 5.41) is 6.96. The van der Waals surface area contributed by atoms with Crippen LogP contribution in [0.4, 0.5) is 0 Å². The third-order valence-corrected chi connectivity index (χ3v) is 3.37. The van der Waals surface area contributed by atoms with E-state index in [1.54, 1.807) is 0 Å². The first kappa shape index (κ1) is 11.5. The van der Waals surface area contributed by atoms with Crippen LogP contribution in [0.3, 0.4) is 0 Å². The smallest absolute Gasteiger partial charge is 0.105 e. The molecule has 1 fully saturated rings. The number of hydrogen-bond donors (Lipinski definition) is 3. The van der Waals surface area contributed by atoms with E-state index in [4.69, 9.17) is 5.73 Å². The Morgan fingerprint density at radius 3 is 2.75 bits per heavy atom. The molecule has 2 aliphatic rings. The molecule has 16 heavy (non-hydrogen) atoms. The number of allylic oxidation sites excluding steroid dienone is 1. The Morgan fingerprint density at radius 2 is 2.19 bits per heavy atom. The summed E-state index contributed by atoms with van der Waals surface area (Å²) in [6, 6.07) is 0.589. The highest BCUT2D eigenvalue weighted by molar-refractivity contribution is 5.24. The van der Waals surface area contributed by atoms with Gasteiger partial charge in [0.2, 0.25) is 0 Å². The van der Waals surface area contributed by atoms with Gasteiger partial charge in [0.25, 0.3) is 0 Å². The fourth-order valence-corrected chi connectivity index (χ4v) is 2.26. The molecule has 2 aliphatic heterocycles. The number of piperidine rings is 1. The molecule has 0 bridgehead atoms. The van der Waals surface area contributed by atoms with Gasteiger partial charge in [0, 0.05) is 17.9 Å². The van der Waals surface area contributed by atoms with Gasteiger partial charge in [-0.15, -0.1) is 0 Å². The molecule has 0 aromatic rings. The van der Waals surface area contributed by atoms with E-state index in [2.05, 4.69) is 35.6 Å². The molecule has 1 saturated heterocycles. The summed E-state index contributed by atoms with van der Waals surface area (Å²) in [6.07, 6.45) is 8.34. The highest BCUT2D eigenvalue weighted by atomic mass is 15.2. The van der Waals surface area contributed by atoms with Crippen LogP contribution < -0.4 is 16.4 Å². The van der Waals surface area contributed by atoms with Crippen molar-refractivity contribution in [3.63, 3.8) is 0 Å². The Kier molecular flexibility index (Phi) is 3.21. The van der Waals surface area contributed by atoms with Gasteiger partial charge in [0.05, 0.1) is 0 Å². The number of nitrogens with zero attached hydrogens (tertiary/aromatic N) is 1. The molecular weight excluding hydrogens is 200 g/mol. The van der Waals surface area contributed by atoms with Crippen LogP contribution in [0.25, 0.3) is 0 Å². The van der Waals surface area contributed by atoms with Crippen molar-refractivity contribution in [2.24, 2.45) is 5.73 Å². The Hall–Kier alpha value is -1.00. The number of nitrogens with two attached hydrogens (primary N) is 1. The molecule has 0 spiro atoms. The fraction of sp³-hybridized carbons (Fsp3) is 0.667. The standard InChI is InChI=1S/C12H22N4/c1-12(6-3-10(13)9-14-12)15-11-4-7-16(2)8-5-11/h3,6,9,11,14-15H,4-5,7-8,13H2,1-2H3. The van der Waals surface area contributed by atoms with Gasteiger partial charge in [-0.25, -0.2) is 0 Å². The minimum atomic E-state index is -0.149. The van der Waals surface area contributed by atoms with Gasteiger partial charge in [-0.1, -0.05) is 0 Å². The van der Waals surface area contributed by atoms with Crippen LogP contribution >= 0.6 is 0 Å². The van der Waals surface area contributed by atoms with E-state index >= 15 is 0 Å². The van der Waals surface area contributed by atoms with E-state index in [0.717, 1.165) is 5.70 Å². The van der Waals surface area contributed by atoms with E-state index in [1.165, 1.54) is 25.9 Å². The second-order valence-electron chi connectivity index (χ2n) is 5.05. The molecule has 0 aromatic carbocycles. The van der Waals surface area contributed by atoms with Gasteiger partial charge in [-0.05, 0) is 52.1 Å². The van der Waals surface area contributed by atoms with Crippen LogP contribution in [0.1, 0.15) is 19.8 Å². The van der Waals surface area contributed by atoms with Gasteiger partial charge in [-0.3, -0.25) is 5.32 Å². The van der Waals surface area contributed by atoms with Crippen molar-refractivity contribution in [3.8, 4) is 0 Å². The Bertz CT molecular complexity index is 302. The summed E-state index contributed by atoms with van der Waals surface area (Å²) < 4.78 is 0. The van der Waals surface area contributed by atoms with Crippen LogP contribution in [0, 0.1) is 0 Å². The van der Waals surface area contributed by atoms with Crippen molar-refractivity contribution >= 4 is 0 Å². The van der Waals surface area contributed by atoms with Gasteiger partial charge in [0.1, 0.15) is 5.66 Å². The molecule has 4 N–H and O–H groups in total. The van der Waals surface area contributed by atoms with Gasteiger partial charge < -0.3 is 16.0 Å². The third-order valence-electron chi connectivity index (χ3n) is 3.37. The Labute approximate surface area is 97.6 Å². The molecule has 0 aliphatic carbocycles. The molecule has 4 nitrogen and oxygen atoms in total. The minimum Gasteiger partial charge on any atom is -0.398 e. The average molecular weight is 222 g/mol. The first-order chi connectivity index (χ1) is 7.57. The monoisotopic (exact) mass is 222 g/mol. The molecule has 2 heterocycles. The summed E-state index contributed by atoms with van der Waals surface area (Å²) in [5.74, 6) is 0. The van der Waals surface area contributed by atoms with E-state index in [9.17, 15) is 0 Å². The van der Waals surface area contributed by atoms with Crippen molar-refractivity contribution in [3.05, 3.63) is 24.0 Å². The molecular formula is C12H22N4. The largest absolute Gasteiger partial charge is 0.398 e. The Balaban J connectivity index is 1.88. The predicted molar refractivity (Wildman–Crippen MR) is 66.6 cm³/mol. The first-order valence-corrected chi connectivity index (χ1v) is 5.96. The molecule has 4 heteroatoms. The normalized spacial score (nSPS) is 32.2. The van der Waals surface area contributed by atoms with Crippen LogP contribution in [-0.4, -0.2) is 36.7 Å². The maximum atomic E-state index is 5.68. The van der Waals surface area contributed by atoms with Crippen LogP contribution in [-0.2, 0) is 0 Å². The fourth-order valence-electron chi connectivity index (χ4n) is 2.26. The number of rotatable bonds is 2. The molecule has 0 saturated carbocycles. The second-order valence-corrected chi connectivity index (χ2v) is 5.05. The quantitative estimate of drug-likeness (QED) is 0.631. The van der Waals surface area contributed by atoms with Crippen molar-refractivity contribution in [2.75, 3.05) is 20.1 Å². The topological polar surface area (TPSA) is 53.3 Å². The number of dihydropyridines is 1. The lowest BCUT2D eigenvalue weighted by Gasteiger charge is -2.38. The van der Waals surface area contributed by atoms with E-state index in [-0.39, 0.29) is 5.66 Å². The first-order valence-electron chi connectivity index (χ1n) is 5.96. The van der Waals surface area contributed by atoms with Crippen LogP contribution in [0.5, 0.6) is 0 Å². The third kappa shape index (κ3) is 2.77. The van der Waals surface area contributed by atoms with Gasteiger partial charge in [0.15, 0.2) is 0 Å². The zero-order valence-corrected chi connectivity index (χ0v) is 10.2. The Morgan fingerprint density at radius 1 is 1.50 bits per heavy atom. The summed E-state index contributed by atoms with van der Waals surface area (Å²) in [6.45, 7) is 4.50. The summed E-state index contributed by atoms with van der Waals surface area (Å²) >= 11 is 0. The number of likely N-dealkylation sites (tertiary alicyclic amines) is 1. The molecule has 90 valence electrons.